The second-order valence-electron chi connectivity index (χ2n) is 4.44. The first kappa shape index (κ1) is 16.6. The lowest BCUT2D eigenvalue weighted by Crippen LogP contribution is -2.30. The monoisotopic (exact) mass is 343 g/mol. The van der Waals surface area contributed by atoms with Crippen molar-refractivity contribution in [3.8, 4) is 5.75 Å². The van der Waals surface area contributed by atoms with Gasteiger partial charge in [-0.25, -0.2) is 12.8 Å². The van der Waals surface area contributed by atoms with Crippen LogP contribution in [-0.4, -0.2) is 22.1 Å². The van der Waals surface area contributed by atoms with E-state index in [1.807, 2.05) is 0 Å². The molecule has 0 saturated heterocycles. The Bertz CT molecular complexity index is 763. The van der Waals surface area contributed by atoms with Crippen molar-refractivity contribution in [1.82, 2.24) is 0 Å². The lowest BCUT2D eigenvalue weighted by molar-refractivity contribution is 0.415. The molecule has 22 heavy (non-hydrogen) atoms. The molecule has 118 valence electrons. The second kappa shape index (κ2) is 6.54. The Labute approximate surface area is 134 Å². The smallest absolute Gasteiger partial charge is 0.264 e. The van der Waals surface area contributed by atoms with E-state index in [-0.39, 0.29) is 11.4 Å². The summed E-state index contributed by atoms with van der Waals surface area (Å²) in [6, 6.07) is 9.42. The number of benzene rings is 2. The molecule has 0 bridgehead atoms. The maximum Gasteiger partial charge on any atom is 0.264 e. The van der Waals surface area contributed by atoms with E-state index in [4.69, 9.17) is 16.3 Å². The molecule has 2 aromatic carbocycles. The van der Waals surface area contributed by atoms with Gasteiger partial charge in [-0.3, -0.25) is 4.31 Å². The summed E-state index contributed by atoms with van der Waals surface area (Å²) in [7, 11) is -2.31. The number of anilines is 1. The predicted molar refractivity (Wildman–Crippen MR) is 84.6 cm³/mol. The highest BCUT2D eigenvalue weighted by Gasteiger charge is 2.24. The van der Waals surface area contributed by atoms with Gasteiger partial charge in [0.1, 0.15) is 11.6 Å². The largest absolute Gasteiger partial charge is 0.495 e. The highest BCUT2D eigenvalue weighted by Crippen LogP contribution is 2.31. The van der Waals surface area contributed by atoms with E-state index in [9.17, 15) is 12.8 Å². The van der Waals surface area contributed by atoms with Crippen LogP contribution in [0.1, 0.15) is 6.92 Å². The van der Waals surface area contributed by atoms with Crippen LogP contribution in [0, 0.1) is 5.82 Å². The molecule has 0 saturated carbocycles. The van der Waals surface area contributed by atoms with Crippen LogP contribution in [0.4, 0.5) is 10.1 Å². The van der Waals surface area contributed by atoms with Crippen molar-refractivity contribution in [2.75, 3.05) is 18.0 Å². The first-order chi connectivity index (χ1) is 10.4. The van der Waals surface area contributed by atoms with Crippen LogP contribution in [0.5, 0.6) is 5.75 Å². The van der Waals surface area contributed by atoms with Gasteiger partial charge in [0.15, 0.2) is 0 Å². The molecule has 7 heteroatoms. The summed E-state index contributed by atoms with van der Waals surface area (Å²) in [6.07, 6.45) is 0. The summed E-state index contributed by atoms with van der Waals surface area (Å²) in [4.78, 5) is 0.0164. The van der Waals surface area contributed by atoms with E-state index in [0.717, 1.165) is 12.1 Å². The first-order valence-electron chi connectivity index (χ1n) is 6.52. The maximum absolute atomic E-state index is 13.0. The summed E-state index contributed by atoms with van der Waals surface area (Å²) < 4.78 is 44.6. The Morgan fingerprint density at radius 3 is 2.32 bits per heavy atom. The Balaban J connectivity index is 2.46. The van der Waals surface area contributed by atoms with Crippen molar-refractivity contribution in [3.05, 3.63) is 53.3 Å². The fraction of sp³-hybridized carbons (Fsp3) is 0.200. The van der Waals surface area contributed by atoms with Crippen LogP contribution < -0.4 is 9.04 Å². The number of methoxy groups -OCH3 is 1. The number of sulfonamides is 1. The maximum atomic E-state index is 13.0. The Hall–Kier alpha value is -1.79. The average Bonchev–Trinajstić information content (AvgIpc) is 2.48. The SMILES string of the molecule is CCN(c1ccc(OC)c(Cl)c1)S(=O)(=O)c1ccc(F)cc1. The molecule has 2 aromatic rings. The lowest BCUT2D eigenvalue weighted by atomic mass is 10.3. The number of hydrogen-bond donors (Lipinski definition) is 0. The third-order valence-corrected chi connectivity index (χ3v) is 5.32. The van der Waals surface area contributed by atoms with Crippen LogP contribution >= 0.6 is 11.6 Å². The minimum atomic E-state index is -3.79. The van der Waals surface area contributed by atoms with Crippen LogP contribution in [0.2, 0.25) is 5.02 Å². The molecule has 0 N–H and O–H groups in total. The fourth-order valence-electron chi connectivity index (χ4n) is 2.04. The molecule has 0 fully saturated rings. The number of ether oxygens (including phenoxy) is 1. The van der Waals surface area contributed by atoms with Crippen molar-refractivity contribution >= 4 is 27.3 Å². The second-order valence-corrected chi connectivity index (χ2v) is 6.71. The molecular weight excluding hydrogens is 329 g/mol. The van der Waals surface area contributed by atoms with Gasteiger partial charge in [-0.2, -0.15) is 0 Å². The molecule has 0 amide bonds. The minimum absolute atomic E-state index is 0.0164. The quantitative estimate of drug-likeness (QED) is 0.831. The third-order valence-electron chi connectivity index (χ3n) is 3.11. The van der Waals surface area contributed by atoms with Gasteiger partial charge in [0, 0.05) is 6.54 Å². The van der Waals surface area contributed by atoms with Gasteiger partial charge in [-0.1, -0.05) is 11.6 Å². The van der Waals surface area contributed by atoms with E-state index in [0.29, 0.717) is 16.5 Å². The van der Waals surface area contributed by atoms with Crippen LogP contribution in [0.25, 0.3) is 0 Å². The summed E-state index contributed by atoms with van der Waals surface area (Å²) in [5, 5.41) is 0.313. The van der Waals surface area contributed by atoms with Crippen molar-refractivity contribution in [2.24, 2.45) is 0 Å². The summed E-state index contributed by atoms with van der Waals surface area (Å²) >= 11 is 6.05. The molecule has 4 nitrogen and oxygen atoms in total. The van der Waals surface area contributed by atoms with Crippen molar-refractivity contribution in [1.29, 1.82) is 0 Å². The van der Waals surface area contributed by atoms with E-state index in [1.165, 1.54) is 29.6 Å². The third kappa shape index (κ3) is 3.18. The molecule has 0 aliphatic heterocycles. The fourth-order valence-corrected chi connectivity index (χ4v) is 3.75. The molecule has 2 rings (SSSR count). The summed E-state index contributed by atoms with van der Waals surface area (Å²) in [6.45, 7) is 1.92. The highest BCUT2D eigenvalue weighted by atomic mass is 35.5. The Morgan fingerprint density at radius 2 is 1.82 bits per heavy atom. The number of hydrogen-bond acceptors (Lipinski definition) is 3. The van der Waals surface area contributed by atoms with Crippen molar-refractivity contribution < 1.29 is 17.5 Å². The number of rotatable bonds is 5. The van der Waals surface area contributed by atoms with E-state index >= 15 is 0 Å². The number of nitrogens with zero attached hydrogens (tertiary/aromatic N) is 1. The standard InChI is InChI=1S/C15H15ClFNO3S/c1-3-18(12-6-9-15(21-2)14(16)10-12)22(19,20)13-7-4-11(17)5-8-13/h4-10H,3H2,1-2H3. The van der Waals surface area contributed by atoms with E-state index in [2.05, 4.69) is 0 Å². The zero-order valence-electron chi connectivity index (χ0n) is 12.1. The van der Waals surface area contributed by atoms with Crippen LogP contribution in [0.3, 0.4) is 0 Å². The zero-order valence-corrected chi connectivity index (χ0v) is 13.7. The van der Waals surface area contributed by atoms with Gasteiger partial charge in [0.05, 0.1) is 22.7 Å². The van der Waals surface area contributed by atoms with Gasteiger partial charge < -0.3 is 4.74 Å². The van der Waals surface area contributed by atoms with Gasteiger partial charge >= 0.3 is 0 Å². The summed E-state index contributed by atoms with van der Waals surface area (Å²) in [5.74, 6) is -0.0323. The lowest BCUT2D eigenvalue weighted by Gasteiger charge is -2.23. The predicted octanol–water partition coefficient (Wildman–Crippen LogP) is 3.70. The molecule has 0 unspecified atom stereocenters. The van der Waals surface area contributed by atoms with Gasteiger partial charge in [-0.05, 0) is 49.4 Å². The summed E-state index contributed by atoms with van der Waals surface area (Å²) in [5.41, 5.74) is 0.414. The Kier molecular flexibility index (Phi) is 4.93. The first-order valence-corrected chi connectivity index (χ1v) is 8.33. The molecule has 0 aromatic heterocycles. The topological polar surface area (TPSA) is 46.6 Å². The molecule has 0 aliphatic carbocycles. The molecule has 0 aliphatic rings. The molecule has 0 heterocycles. The highest BCUT2D eigenvalue weighted by molar-refractivity contribution is 7.92. The zero-order chi connectivity index (χ0) is 16.3. The molecule has 0 atom stereocenters. The molecule has 0 radical (unpaired) electrons. The Morgan fingerprint density at radius 1 is 1.18 bits per heavy atom. The van der Waals surface area contributed by atoms with E-state index < -0.39 is 15.8 Å². The minimum Gasteiger partial charge on any atom is -0.495 e. The van der Waals surface area contributed by atoms with Gasteiger partial charge in [-0.15, -0.1) is 0 Å². The number of halogens is 2. The van der Waals surface area contributed by atoms with Crippen molar-refractivity contribution in [2.45, 2.75) is 11.8 Å². The normalized spacial score (nSPS) is 11.3. The van der Waals surface area contributed by atoms with Gasteiger partial charge in [0.25, 0.3) is 10.0 Å². The van der Waals surface area contributed by atoms with Crippen LogP contribution in [0.15, 0.2) is 47.4 Å². The van der Waals surface area contributed by atoms with Gasteiger partial charge in [0.2, 0.25) is 0 Å². The molecular formula is C15H15ClFNO3S. The van der Waals surface area contributed by atoms with Crippen LogP contribution in [-0.2, 0) is 10.0 Å². The molecule has 0 spiro atoms. The van der Waals surface area contributed by atoms with Crippen molar-refractivity contribution in [3.63, 3.8) is 0 Å². The average molecular weight is 344 g/mol. The van der Waals surface area contributed by atoms with E-state index in [1.54, 1.807) is 19.1 Å².